The summed E-state index contributed by atoms with van der Waals surface area (Å²) in [4.78, 5) is 2.35. The summed E-state index contributed by atoms with van der Waals surface area (Å²) in [5, 5.41) is 12.1. The lowest BCUT2D eigenvalue weighted by Gasteiger charge is -2.21. The molecule has 0 heterocycles. The van der Waals surface area contributed by atoms with Gasteiger partial charge in [0.25, 0.3) is 0 Å². The number of unbranched alkanes of at least 4 members (excludes halogenated alkanes) is 2. The third-order valence-electron chi connectivity index (χ3n) is 3.41. The Labute approximate surface area is 117 Å². The van der Waals surface area contributed by atoms with Crippen molar-refractivity contribution in [3.8, 4) is 0 Å². The van der Waals surface area contributed by atoms with E-state index in [1.165, 1.54) is 11.3 Å². The molecule has 3 nitrogen and oxygen atoms in total. The number of rotatable bonds is 10. The molecule has 0 radical (unpaired) electrons. The van der Waals surface area contributed by atoms with Crippen LogP contribution in [-0.4, -0.2) is 31.3 Å². The van der Waals surface area contributed by atoms with E-state index in [-0.39, 0.29) is 0 Å². The highest BCUT2D eigenvalue weighted by molar-refractivity contribution is 5.47. The molecule has 0 aromatic heterocycles. The molecule has 0 spiro atoms. The molecule has 0 saturated heterocycles. The Kier molecular flexibility index (Phi) is 8.26. The maximum absolute atomic E-state index is 8.69. The standard InChI is InChI=1S/C16H28N2O/c1-3-18(4-2)16-10-8-15(9-11-16)14-17-12-6-5-7-13-19/h8-11,17,19H,3-7,12-14H2,1-2H3. The van der Waals surface area contributed by atoms with Gasteiger partial charge in [-0.2, -0.15) is 0 Å². The Bertz CT molecular complexity index is 320. The number of aliphatic hydroxyl groups excluding tert-OH is 1. The van der Waals surface area contributed by atoms with Gasteiger partial charge in [-0.1, -0.05) is 12.1 Å². The van der Waals surface area contributed by atoms with Crippen LogP contribution in [0.4, 0.5) is 5.69 Å². The Morgan fingerprint density at radius 1 is 1.00 bits per heavy atom. The van der Waals surface area contributed by atoms with Crippen molar-refractivity contribution in [1.29, 1.82) is 0 Å². The third kappa shape index (κ3) is 6.08. The summed E-state index contributed by atoms with van der Waals surface area (Å²) in [6.45, 7) is 8.75. The minimum atomic E-state index is 0.312. The summed E-state index contributed by atoms with van der Waals surface area (Å²) < 4.78 is 0. The molecule has 1 rings (SSSR count). The van der Waals surface area contributed by atoms with Crippen molar-refractivity contribution < 1.29 is 5.11 Å². The molecule has 0 bridgehead atoms. The largest absolute Gasteiger partial charge is 0.396 e. The van der Waals surface area contributed by atoms with E-state index in [0.29, 0.717) is 6.61 Å². The first-order valence-electron chi connectivity index (χ1n) is 7.47. The summed E-state index contributed by atoms with van der Waals surface area (Å²) in [5.74, 6) is 0. The van der Waals surface area contributed by atoms with E-state index >= 15 is 0 Å². The lowest BCUT2D eigenvalue weighted by molar-refractivity contribution is 0.283. The summed E-state index contributed by atoms with van der Waals surface area (Å²) in [7, 11) is 0. The average Bonchev–Trinajstić information content (AvgIpc) is 2.45. The molecule has 1 aromatic carbocycles. The zero-order chi connectivity index (χ0) is 13.9. The second kappa shape index (κ2) is 9.82. The molecule has 108 valence electrons. The Balaban J connectivity index is 2.28. The SMILES string of the molecule is CCN(CC)c1ccc(CNCCCCCO)cc1. The van der Waals surface area contributed by atoms with E-state index in [1.54, 1.807) is 0 Å². The minimum absolute atomic E-state index is 0.312. The number of benzene rings is 1. The van der Waals surface area contributed by atoms with Gasteiger partial charge >= 0.3 is 0 Å². The number of aliphatic hydroxyl groups is 1. The first-order valence-corrected chi connectivity index (χ1v) is 7.47. The zero-order valence-electron chi connectivity index (χ0n) is 12.4. The second-order valence-electron chi connectivity index (χ2n) is 4.80. The quantitative estimate of drug-likeness (QED) is 0.638. The van der Waals surface area contributed by atoms with Crippen molar-refractivity contribution in [2.24, 2.45) is 0 Å². The summed E-state index contributed by atoms with van der Waals surface area (Å²) in [6.07, 6.45) is 3.16. The van der Waals surface area contributed by atoms with Crippen LogP contribution in [0.2, 0.25) is 0 Å². The predicted octanol–water partition coefficient (Wildman–Crippen LogP) is 2.79. The van der Waals surface area contributed by atoms with Crippen LogP contribution in [0.3, 0.4) is 0 Å². The van der Waals surface area contributed by atoms with E-state index in [0.717, 1.165) is 45.4 Å². The fourth-order valence-corrected chi connectivity index (χ4v) is 2.18. The van der Waals surface area contributed by atoms with Gasteiger partial charge in [0.2, 0.25) is 0 Å². The highest BCUT2D eigenvalue weighted by Gasteiger charge is 2.01. The molecule has 0 aliphatic rings. The zero-order valence-corrected chi connectivity index (χ0v) is 12.4. The fourth-order valence-electron chi connectivity index (χ4n) is 2.18. The van der Waals surface area contributed by atoms with Crippen molar-refractivity contribution in [1.82, 2.24) is 5.32 Å². The maximum atomic E-state index is 8.69. The van der Waals surface area contributed by atoms with Gasteiger partial charge in [0.15, 0.2) is 0 Å². The molecule has 0 saturated carbocycles. The average molecular weight is 264 g/mol. The van der Waals surface area contributed by atoms with E-state index in [9.17, 15) is 0 Å². The second-order valence-corrected chi connectivity index (χ2v) is 4.80. The normalized spacial score (nSPS) is 10.7. The van der Waals surface area contributed by atoms with Crippen LogP contribution in [0.15, 0.2) is 24.3 Å². The van der Waals surface area contributed by atoms with Crippen molar-refractivity contribution in [3.05, 3.63) is 29.8 Å². The van der Waals surface area contributed by atoms with Crippen LogP contribution in [0, 0.1) is 0 Å². The minimum Gasteiger partial charge on any atom is -0.396 e. The third-order valence-corrected chi connectivity index (χ3v) is 3.41. The van der Waals surface area contributed by atoms with Gasteiger partial charge in [0, 0.05) is 31.9 Å². The van der Waals surface area contributed by atoms with Crippen LogP contribution < -0.4 is 10.2 Å². The van der Waals surface area contributed by atoms with Crippen molar-refractivity contribution in [2.75, 3.05) is 31.1 Å². The lowest BCUT2D eigenvalue weighted by Crippen LogP contribution is -2.21. The number of nitrogens with zero attached hydrogens (tertiary/aromatic N) is 1. The highest BCUT2D eigenvalue weighted by atomic mass is 16.2. The van der Waals surface area contributed by atoms with Crippen molar-refractivity contribution >= 4 is 5.69 Å². The van der Waals surface area contributed by atoms with E-state index in [2.05, 4.69) is 48.3 Å². The van der Waals surface area contributed by atoms with Crippen LogP contribution in [0.5, 0.6) is 0 Å². The van der Waals surface area contributed by atoms with Gasteiger partial charge in [0.1, 0.15) is 0 Å². The molecule has 2 N–H and O–H groups in total. The predicted molar refractivity (Wildman–Crippen MR) is 82.6 cm³/mol. The monoisotopic (exact) mass is 264 g/mol. The molecule has 0 aliphatic heterocycles. The smallest absolute Gasteiger partial charge is 0.0431 e. The van der Waals surface area contributed by atoms with Crippen LogP contribution in [0.25, 0.3) is 0 Å². The van der Waals surface area contributed by atoms with E-state index in [1.807, 2.05) is 0 Å². The Hall–Kier alpha value is -1.06. The number of anilines is 1. The molecule has 19 heavy (non-hydrogen) atoms. The maximum Gasteiger partial charge on any atom is 0.0431 e. The summed E-state index contributed by atoms with van der Waals surface area (Å²) in [6, 6.07) is 8.81. The first kappa shape index (κ1) is 16.0. The summed E-state index contributed by atoms with van der Waals surface area (Å²) >= 11 is 0. The molecule has 3 heteroatoms. The van der Waals surface area contributed by atoms with Crippen molar-refractivity contribution in [3.63, 3.8) is 0 Å². The number of hydrogen-bond donors (Lipinski definition) is 2. The van der Waals surface area contributed by atoms with Gasteiger partial charge in [-0.25, -0.2) is 0 Å². The molecule has 1 aromatic rings. The Morgan fingerprint density at radius 2 is 1.68 bits per heavy atom. The molecular weight excluding hydrogens is 236 g/mol. The van der Waals surface area contributed by atoms with Crippen molar-refractivity contribution in [2.45, 2.75) is 39.7 Å². The van der Waals surface area contributed by atoms with Gasteiger partial charge in [0.05, 0.1) is 0 Å². The van der Waals surface area contributed by atoms with Crippen LogP contribution in [0.1, 0.15) is 38.7 Å². The lowest BCUT2D eigenvalue weighted by atomic mass is 10.2. The highest BCUT2D eigenvalue weighted by Crippen LogP contribution is 2.14. The topological polar surface area (TPSA) is 35.5 Å². The number of nitrogens with one attached hydrogen (secondary N) is 1. The number of hydrogen-bond acceptors (Lipinski definition) is 3. The molecule has 0 atom stereocenters. The van der Waals surface area contributed by atoms with Gasteiger partial charge in [-0.3, -0.25) is 0 Å². The van der Waals surface area contributed by atoms with Gasteiger partial charge in [-0.05, 0) is 57.4 Å². The molecule has 0 fully saturated rings. The first-order chi connectivity index (χ1) is 9.31. The van der Waals surface area contributed by atoms with Gasteiger partial charge < -0.3 is 15.3 Å². The van der Waals surface area contributed by atoms with E-state index in [4.69, 9.17) is 5.11 Å². The molecule has 0 aliphatic carbocycles. The van der Waals surface area contributed by atoms with Gasteiger partial charge in [-0.15, -0.1) is 0 Å². The van der Waals surface area contributed by atoms with E-state index < -0.39 is 0 Å². The summed E-state index contributed by atoms with van der Waals surface area (Å²) in [5.41, 5.74) is 2.63. The van der Waals surface area contributed by atoms with Crippen LogP contribution in [-0.2, 0) is 6.54 Å². The van der Waals surface area contributed by atoms with Crippen LogP contribution >= 0.6 is 0 Å². The Morgan fingerprint density at radius 3 is 2.26 bits per heavy atom. The molecule has 0 unspecified atom stereocenters. The molecular formula is C16H28N2O. The molecule has 0 amide bonds. The fraction of sp³-hybridized carbons (Fsp3) is 0.625.